The van der Waals surface area contributed by atoms with E-state index in [1.54, 1.807) is 4.90 Å². The third-order valence-corrected chi connectivity index (χ3v) is 2.40. The van der Waals surface area contributed by atoms with E-state index < -0.39 is 0 Å². The summed E-state index contributed by atoms with van der Waals surface area (Å²) in [4.78, 5) is 23.7. The zero-order chi connectivity index (χ0) is 9.26. The smallest absolute Gasteiger partial charge is 0.324 e. The lowest BCUT2D eigenvalue weighted by atomic mass is 10.1. The number of carbonyl (C=O) groups is 2. The van der Waals surface area contributed by atoms with Gasteiger partial charge in [0.25, 0.3) is 0 Å². The highest BCUT2D eigenvalue weighted by atomic mass is 16.5. The van der Waals surface area contributed by atoms with Gasteiger partial charge in [-0.05, 0) is 12.8 Å². The molecular formula is C8H12N2O3. The zero-order valence-corrected chi connectivity index (χ0v) is 7.28. The van der Waals surface area contributed by atoms with Gasteiger partial charge in [-0.15, -0.1) is 0 Å². The lowest BCUT2D eigenvalue weighted by Gasteiger charge is -2.29. The number of nitrogens with one attached hydrogen (secondary N) is 1. The Balaban J connectivity index is 1.99. The van der Waals surface area contributed by atoms with Gasteiger partial charge in [-0.1, -0.05) is 0 Å². The molecule has 2 fully saturated rings. The molecule has 0 aromatic rings. The minimum atomic E-state index is -0.277. The van der Waals surface area contributed by atoms with E-state index in [1.807, 2.05) is 0 Å². The Kier molecular flexibility index (Phi) is 2.18. The van der Waals surface area contributed by atoms with Crippen LogP contribution in [0.4, 0.5) is 4.79 Å². The molecule has 2 rings (SSSR count). The lowest BCUT2D eigenvalue weighted by molar-refractivity contribution is -0.118. The number of nitrogens with zero attached hydrogens (tertiary/aromatic N) is 1. The fourth-order valence-corrected chi connectivity index (χ4v) is 1.72. The molecule has 0 aromatic heterocycles. The minimum Gasteiger partial charge on any atom is -0.379 e. The molecule has 3 amide bonds. The van der Waals surface area contributed by atoms with Gasteiger partial charge in [-0.2, -0.15) is 0 Å². The van der Waals surface area contributed by atoms with Crippen LogP contribution in [0.15, 0.2) is 0 Å². The molecular weight excluding hydrogens is 172 g/mol. The highest BCUT2D eigenvalue weighted by Crippen LogP contribution is 2.15. The molecule has 13 heavy (non-hydrogen) atoms. The van der Waals surface area contributed by atoms with Crippen LogP contribution in [0.1, 0.15) is 12.8 Å². The molecule has 1 atom stereocenters. The van der Waals surface area contributed by atoms with Crippen LogP contribution in [0.3, 0.4) is 0 Å². The number of imide groups is 1. The largest absolute Gasteiger partial charge is 0.379 e. The van der Waals surface area contributed by atoms with Crippen molar-refractivity contribution in [2.45, 2.75) is 18.9 Å². The summed E-state index contributed by atoms with van der Waals surface area (Å²) in [5, 5.41) is 2.26. The first-order chi connectivity index (χ1) is 6.27. The van der Waals surface area contributed by atoms with Gasteiger partial charge in [0, 0.05) is 6.61 Å². The average molecular weight is 184 g/mol. The van der Waals surface area contributed by atoms with Gasteiger partial charge >= 0.3 is 6.03 Å². The molecule has 5 nitrogen and oxygen atoms in total. The second-order valence-corrected chi connectivity index (χ2v) is 3.35. The molecule has 0 spiro atoms. The fourth-order valence-electron chi connectivity index (χ4n) is 1.72. The second kappa shape index (κ2) is 3.33. The van der Waals surface area contributed by atoms with Crippen molar-refractivity contribution in [3.05, 3.63) is 0 Å². The molecule has 5 heteroatoms. The van der Waals surface area contributed by atoms with Crippen LogP contribution in [-0.4, -0.2) is 42.6 Å². The summed E-state index contributed by atoms with van der Waals surface area (Å²) in [5.41, 5.74) is 0. The van der Waals surface area contributed by atoms with E-state index in [1.165, 1.54) is 0 Å². The van der Waals surface area contributed by atoms with Crippen molar-refractivity contribution in [2.75, 3.05) is 19.8 Å². The van der Waals surface area contributed by atoms with Crippen LogP contribution in [0.2, 0.25) is 0 Å². The summed E-state index contributed by atoms with van der Waals surface area (Å²) in [5.74, 6) is -0.212. The van der Waals surface area contributed by atoms with E-state index in [4.69, 9.17) is 4.74 Å². The van der Waals surface area contributed by atoms with E-state index in [-0.39, 0.29) is 24.5 Å². The quantitative estimate of drug-likeness (QED) is 0.570. The first kappa shape index (κ1) is 8.50. The van der Waals surface area contributed by atoms with Crippen LogP contribution in [-0.2, 0) is 9.53 Å². The summed E-state index contributed by atoms with van der Waals surface area (Å²) in [6.07, 6.45) is 1.89. The molecule has 0 bridgehead atoms. The molecule has 2 aliphatic rings. The summed E-state index contributed by atoms with van der Waals surface area (Å²) < 4.78 is 5.25. The predicted octanol–water partition coefficient (Wildman–Crippen LogP) is -0.283. The van der Waals surface area contributed by atoms with Gasteiger partial charge < -0.3 is 9.64 Å². The maximum Gasteiger partial charge on any atom is 0.324 e. The van der Waals surface area contributed by atoms with Crippen LogP contribution in [0, 0.1) is 0 Å². The standard InChI is InChI=1S/C8H12N2O3/c11-7-4-10(8(12)9-7)6-2-1-3-13-5-6/h6H,1-5H2,(H,9,11,12). The van der Waals surface area contributed by atoms with Crippen LogP contribution < -0.4 is 5.32 Å². The van der Waals surface area contributed by atoms with Gasteiger partial charge in [0.15, 0.2) is 0 Å². The summed E-state index contributed by atoms with van der Waals surface area (Å²) >= 11 is 0. The highest BCUT2D eigenvalue weighted by molar-refractivity contribution is 6.02. The molecule has 2 saturated heterocycles. The van der Waals surface area contributed by atoms with Gasteiger partial charge in [0.1, 0.15) is 6.54 Å². The van der Waals surface area contributed by atoms with Crippen LogP contribution in [0.25, 0.3) is 0 Å². The molecule has 1 unspecified atom stereocenters. The number of hydrogen-bond acceptors (Lipinski definition) is 3. The van der Waals surface area contributed by atoms with Gasteiger partial charge in [0.05, 0.1) is 12.6 Å². The maximum atomic E-state index is 11.2. The number of urea groups is 1. The monoisotopic (exact) mass is 184 g/mol. The first-order valence-electron chi connectivity index (χ1n) is 4.45. The van der Waals surface area contributed by atoms with Crippen LogP contribution in [0.5, 0.6) is 0 Å². The van der Waals surface area contributed by atoms with E-state index in [0.29, 0.717) is 6.61 Å². The Morgan fingerprint density at radius 3 is 2.85 bits per heavy atom. The molecule has 0 aliphatic carbocycles. The number of rotatable bonds is 1. The summed E-state index contributed by atoms with van der Waals surface area (Å²) in [7, 11) is 0. The Bertz CT molecular complexity index is 236. The topological polar surface area (TPSA) is 58.6 Å². The molecule has 0 saturated carbocycles. The third-order valence-electron chi connectivity index (χ3n) is 2.40. The Hall–Kier alpha value is -1.10. The Morgan fingerprint density at radius 1 is 1.46 bits per heavy atom. The van der Waals surface area contributed by atoms with Crippen LogP contribution >= 0.6 is 0 Å². The second-order valence-electron chi connectivity index (χ2n) is 3.35. The number of hydrogen-bond donors (Lipinski definition) is 1. The van der Waals surface area contributed by atoms with Crippen molar-refractivity contribution in [1.82, 2.24) is 10.2 Å². The highest BCUT2D eigenvalue weighted by Gasteiger charge is 2.33. The van der Waals surface area contributed by atoms with E-state index >= 15 is 0 Å². The van der Waals surface area contributed by atoms with Crippen molar-refractivity contribution in [3.8, 4) is 0 Å². The molecule has 0 radical (unpaired) electrons. The van der Waals surface area contributed by atoms with E-state index in [0.717, 1.165) is 19.4 Å². The molecule has 1 N–H and O–H groups in total. The minimum absolute atomic E-state index is 0.0835. The molecule has 2 heterocycles. The van der Waals surface area contributed by atoms with Crippen molar-refractivity contribution < 1.29 is 14.3 Å². The van der Waals surface area contributed by atoms with Crippen molar-refractivity contribution in [3.63, 3.8) is 0 Å². The molecule has 0 aromatic carbocycles. The van der Waals surface area contributed by atoms with Crippen molar-refractivity contribution in [2.24, 2.45) is 0 Å². The third kappa shape index (κ3) is 1.65. The zero-order valence-electron chi connectivity index (χ0n) is 7.28. The van der Waals surface area contributed by atoms with E-state index in [9.17, 15) is 9.59 Å². The molecule has 72 valence electrons. The lowest BCUT2D eigenvalue weighted by Crippen LogP contribution is -2.42. The van der Waals surface area contributed by atoms with E-state index in [2.05, 4.69) is 5.32 Å². The fraction of sp³-hybridized carbons (Fsp3) is 0.750. The number of amides is 3. The normalized spacial score (nSPS) is 29.2. The number of carbonyl (C=O) groups excluding carboxylic acids is 2. The summed E-state index contributed by atoms with van der Waals surface area (Å²) in [6.45, 7) is 1.51. The Morgan fingerprint density at radius 2 is 2.31 bits per heavy atom. The SMILES string of the molecule is O=C1CN(C2CCCOC2)C(=O)N1. The summed E-state index contributed by atoms with van der Waals surface area (Å²) in [6, 6.07) is -0.194. The maximum absolute atomic E-state index is 11.2. The van der Waals surface area contributed by atoms with Gasteiger partial charge in [-0.25, -0.2) is 4.79 Å². The van der Waals surface area contributed by atoms with Crippen molar-refractivity contribution in [1.29, 1.82) is 0 Å². The average Bonchev–Trinajstić information content (AvgIpc) is 2.47. The van der Waals surface area contributed by atoms with Gasteiger partial charge in [0.2, 0.25) is 5.91 Å². The first-order valence-corrected chi connectivity index (χ1v) is 4.45. The molecule has 2 aliphatic heterocycles. The number of ether oxygens (including phenoxy) is 1. The van der Waals surface area contributed by atoms with Crippen molar-refractivity contribution >= 4 is 11.9 Å². The Labute approximate surface area is 76.0 Å². The van der Waals surface area contributed by atoms with Gasteiger partial charge in [-0.3, -0.25) is 10.1 Å². The predicted molar refractivity (Wildman–Crippen MR) is 44.1 cm³/mol.